The minimum atomic E-state index is 0.402. The summed E-state index contributed by atoms with van der Waals surface area (Å²) in [7, 11) is 4.91. The van der Waals surface area contributed by atoms with Crippen LogP contribution in [0.5, 0.6) is 17.2 Å². The van der Waals surface area contributed by atoms with Gasteiger partial charge in [0.05, 0.1) is 21.3 Å². The van der Waals surface area contributed by atoms with Crippen molar-refractivity contribution in [1.29, 1.82) is 0 Å². The van der Waals surface area contributed by atoms with Gasteiger partial charge in [-0.25, -0.2) is 0 Å². The molecule has 1 aliphatic carbocycles. The van der Waals surface area contributed by atoms with Crippen LogP contribution in [0.2, 0.25) is 0 Å². The zero-order valence-corrected chi connectivity index (χ0v) is 14.8. The molecule has 0 aromatic heterocycles. The molecule has 128 valence electrons. The zero-order valence-electron chi connectivity index (χ0n) is 14.8. The van der Waals surface area contributed by atoms with E-state index in [1.165, 1.54) is 16.7 Å². The molecule has 1 aliphatic rings. The van der Waals surface area contributed by atoms with Crippen LogP contribution in [-0.4, -0.2) is 21.3 Å². The molecule has 0 unspecified atom stereocenters. The van der Waals surface area contributed by atoms with E-state index in [0.717, 1.165) is 24.9 Å². The number of benzene rings is 2. The quantitative estimate of drug-likeness (QED) is 0.876. The summed E-state index contributed by atoms with van der Waals surface area (Å²) in [6.07, 6.45) is 2.28. The van der Waals surface area contributed by atoms with Crippen molar-refractivity contribution in [2.45, 2.75) is 32.4 Å². The number of methoxy groups -OCH3 is 3. The fourth-order valence-electron chi connectivity index (χ4n) is 3.41. The van der Waals surface area contributed by atoms with Gasteiger partial charge in [0, 0.05) is 12.6 Å². The lowest BCUT2D eigenvalue weighted by Crippen LogP contribution is -2.18. The van der Waals surface area contributed by atoms with Crippen molar-refractivity contribution in [2.24, 2.45) is 0 Å². The largest absolute Gasteiger partial charge is 0.493 e. The lowest BCUT2D eigenvalue weighted by Gasteiger charge is -2.17. The maximum Gasteiger partial charge on any atom is 0.203 e. The third-order valence-electron chi connectivity index (χ3n) is 4.66. The van der Waals surface area contributed by atoms with Crippen molar-refractivity contribution in [3.8, 4) is 17.2 Å². The number of hydrogen-bond donors (Lipinski definition) is 1. The minimum absolute atomic E-state index is 0.402. The summed E-state index contributed by atoms with van der Waals surface area (Å²) < 4.78 is 16.2. The second kappa shape index (κ2) is 7.14. The van der Waals surface area contributed by atoms with Crippen molar-refractivity contribution in [3.63, 3.8) is 0 Å². The molecule has 4 nitrogen and oxygen atoms in total. The molecule has 0 spiro atoms. The molecule has 0 aliphatic heterocycles. The van der Waals surface area contributed by atoms with Crippen LogP contribution in [0, 0.1) is 6.92 Å². The Labute approximate surface area is 143 Å². The first-order chi connectivity index (χ1) is 11.7. The molecular formula is C20H25NO3. The Hall–Kier alpha value is -2.20. The Morgan fingerprint density at radius 2 is 1.71 bits per heavy atom. The van der Waals surface area contributed by atoms with Crippen LogP contribution in [0.25, 0.3) is 0 Å². The van der Waals surface area contributed by atoms with E-state index >= 15 is 0 Å². The Balaban J connectivity index is 1.77. The molecule has 0 radical (unpaired) electrons. The van der Waals surface area contributed by atoms with Crippen molar-refractivity contribution in [2.75, 3.05) is 21.3 Å². The number of ether oxygens (including phenoxy) is 3. The molecule has 0 fully saturated rings. The van der Waals surface area contributed by atoms with Gasteiger partial charge in [0.2, 0.25) is 5.75 Å². The lowest BCUT2D eigenvalue weighted by molar-refractivity contribution is 0.323. The number of fused-ring (bicyclic) bond motifs is 1. The monoisotopic (exact) mass is 327 g/mol. The maximum absolute atomic E-state index is 5.43. The highest BCUT2D eigenvalue weighted by Crippen LogP contribution is 2.38. The molecule has 0 saturated carbocycles. The summed E-state index contributed by atoms with van der Waals surface area (Å²) in [6, 6.07) is 11.2. The SMILES string of the molecule is COc1cc(CN[C@H]2CCc3ccc(C)cc32)cc(OC)c1OC. The van der Waals surface area contributed by atoms with E-state index in [-0.39, 0.29) is 0 Å². The van der Waals surface area contributed by atoms with Crippen LogP contribution in [0.15, 0.2) is 30.3 Å². The van der Waals surface area contributed by atoms with Gasteiger partial charge >= 0.3 is 0 Å². The molecular weight excluding hydrogens is 302 g/mol. The standard InChI is InChI=1S/C20H25NO3/c1-13-5-6-15-7-8-17(16(15)9-13)21-12-14-10-18(22-2)20(24-4)19(11-14)23-3/h5-6,9-11,17,21H,7-8,12H2,1-4H3/t17-/m0/s1. The molecule has 24 heavy (non-hydrogen) atoms. The Bertz CT molecular complexity index is 702. The summed E-state index contributed by atoms with van der Waals surface area (Å²) in [5.41, 5.74) is 5.33. The third-order valence-corrected chi connectivity index (χ3v) is 4.66. The lowest BCUT2D eigenvalue weighted by atomic mass is 10.0. The molecule has 0 saturated heterocycles. The van der Waals surface area contributed by atoms with Gasteiger partial charge in [-0.15, -0.1) is 0 Å². The minimum Gasteiger partial charge on any atom is -0.493 e. The van der Waals surface area contributed by atoms with Gasteiger partial charge < -0.3 is 19.5 Å². The van der Waals surface area contributed by atoms with Crippen molar-refractivity contribution >= 4 is 0 Å². The molecule has 1 atom stereocenters. The van der Waals surface area contributed by atoms with Gasteiger partial charge in [0.1, 0.15) is 0 Å². The first-order valence-electron chi connectivity index (χ1n) is 8.28. The topological polar surface area (TPSA) is 39.7 Å². The van der Waals surface area contributed by atoms with Crippen LogP contribution in [0.4, 0.5) is 0 Å². The van der Waals surface area contributed by atoms with E-state index in [1.54, 1.807) is 21.3 Å². The Morgan fingerprint density at radius 1 is 1.00 bits per heavy atom. The third kappa shape index (κ3) is 3.20. The second-order valence-corrected chi connectivity index (χ2v) is 6.21. The van der Waals surface area contributed by atoms with Gasteiger partial charge in [-0.1, -0.05) is 23.8 Å². The first-order valence-corrected chi connectivity index (χ1v) is 8.28. The van der Waals surface area contributed by atoms with Gasteiger partial charge in [-0.2, -0.15) is 0 Å². The van der Waals surface area contributed by atoms with Crippen LogP contribution in [0.3, 0.4) is 0 Å². The highest BCUT2D eigenvalue weighted by Gasteiger charge is 2.22. The summed E-state index contributed by atoms with van der Waals surface area (Å²) >= 11 is 0. The Kier molecular flexibility index (Phi) is 4.95. The van der Waals surface area contributed by atoms with Gasteiger partial charge in [0.15, 0.2) is 11.5 Å². The summed E-state index contributed by atoms with van der Waals surface area (Å²) in [5, 5.41) is 3.67. The van der Waals surface area contributed by atoms with Crippen molar-refractivity contribution in [1.82, 2.24) is 5.32 Å². The fourth-order valence-corrected chi connectivity index (χ4v) is 3.41. The van der Waals surface area contributed by atoms with E-state index in [9.17, 15) is 0 Å². The fraction of sp³-hybridized carbons (Fsp3) is 0.400. The number of nitrogens with one attached hydrogen (secondary N) is 1. The first kappa shape index (κ1) is 16.7. The van der Waals surface area contributed by atoms with Gasteiger partial charge in [-0.3, -0.25) is 0 Å². The zero-order chi connectivity index (χ0) is 17.1. The predicted molar refractivity (Wildman–Crippen MR) is 95.2 cm³/mol. The van der Waals surface area contributed by atoms with Crippen molar-refractivity contribution in [3.05, 3.63) is 52.6 Å². The normalized spacial score (nSPS) is 15.9. The number of hydrogen-bond acceptors (Lipinski definition) is 4. The second-order valence-electron chi connectivity index (χ2n) is 6.21. The van der Waals surface area contributed by atoms with E-state index < -0.39 is 0 Å². The van der Waals surface area contributed by atoms with Gasteiger partial charge in [-0.05, 0) is 48.6 Å². The molecule has 1 N–H and O–H groups in total. The average molecular weight is 327 g/mol. The number of aryl methyl sites for hydroxylation is 2. The van der Waals surface area contributed by atoms with Crippen LogP contribution < -0.4 is 19.5 Å². The van der Waals surface area contributed by atoms with E-state index in [2.05, 4.69) is 30.4 Å². The van der Waals surface area contributed by atoms with E-state index in [4.69, 9.17) is 14.2 Å². The molecule has 3 rings (SSSR count). The summed E-state index contributed by atoms with van der Waals surface area (Å²) in [5.74, 6) is 2.01. The van der Waals surface area contributed by atoms with E-state index in [0.29, 0.717) is 23.3 Å². The van der Waals surface area contributed by atoms with Crippen LogP contribution >= 0.6 is 0 Å². The van der Waals surface area contributed by atoms with Crippen LogP contribution in [-0.2, 0) is 13.0 Å². The van der Waals surface area contributed by atoms with Crippen molar-refractivity contribution < 1.29 is 14.2 Å². The highest BCUT2D eigenvalue weighted by molar-refractivity contribution is 5.53. The average Bonchev–Trinajstić information content (AvgIpc) is 3.00. The summed E-state index contributed by atoms with van der Waals surface area (Å²) in [4.78, 5) is 0. The Morgan fingerprint density at radius 3 is 2.33 bits per heavy atom. The molecule has 4 heteroatoms. The van der Waals surface area contributed by atoms with E-state index in [1.807, 2.05) is 12.1 Å². The molecule has 0 heterocycles. The molecule has 2 aromatic carbocycles. The smallest absolute Gasteiger partial charge is 0.203 e. The van der Waals surface area contributed by atoms with Gasteiger partial charge in [0.25, 0.3) is 0 Å². The molecule has 2 aromatic rings. The maximum atomic E-state index is 5.43. The number of rotatable bonds is 6. The van der Waals surface area contributed by atoms with Crippen LogP contribution in [0.1, 0.15) is 34.7 Å². The predicted octanol–water partition coefficient (Wildman–Crippen LogP) is 3.80. The summed E-state index contributed by atoms with van der Waals surface area (Å²) in [6.45, 7) is 2.91. The molecule has 0 bridgehead atoms. The highest BCUT2D eigenvalue weighted by atomic mass is 16.5. The molecule has 0 amide bonds.